The van der Waals surface area contributed by atoms with Gasteiger partial charge in [0.25, 0.3) is 0 Å². The minimum absolute atomic E-state index is 0.487. The van der Waals surface area contributed by atoms with Crippen LogP contribution in [0.15, 0.2) is 0 Å². The van der Waals surface area contributed by atoms with Gasteiger partial charge in [0, 0.05) is 19.1 Å². The molecule has 4 atom stereocenters. The van der Waals surface area contributed by atoms with Gasteiger partial charge in [-0.2, -0.15) is 0 Å². The molecule has 0 radical (unpaired) electrons. The van der Waals surface area contributed by atoms with Crippen LogP contribution in [0.25, 0.3) is 0 Å². The molecule has 2 saturated heterocycles. The van der Waals surface area contributed by atoms with Crippen molar-refractivity contribution in [2.45, 2.75) is 52.5 Å². The Morgan fingerprint density at radius 3 is 2.17 bits per heavy atom. The first-order valence-electron chi connectivity index (χ1n) is 8.00. The molecular weight excluding hydrogens is 220 g/mol. The molecule has 0 aromatic heterocycles. The summed E-state index contributed by atoms with van der Waals surface area (Å²) in [5.41, 5.74) is 0.487. The van der Waals surface area contributed by atoms with Crippen LogP contribution in [0.2, 0.25) is 0 Å². The maximum atomic E-state index is 3.56. The van der Waals surface area contributed by atoms with Crippen molar-refractivity contribution in [3.8, 4) is 0 Å². The summed E-state index contributed by atoms with van der Waals surface area (Å²) >= 11 is 0. The Labute approximate surface area is 113 Å². The van der Waals surface area contributed by atoms with Gasteiger partial charge in [0.1, 0.15) is 0 Å². The standard InChI is InChI=1S/C16H30N2/c1-16(2,3)14-6-4-5-7-15(14)18-10-12-8-17-9-13(12)11-18/h12-15,17H,4-11H2,1-3H3. The predicted molar refractivity (Wildman–Crippen MR) is 76.6 cm³/mol. The molecule has 1 N–H and O–H groups in total. The summed E-state index contributed by atoms with van der Waals surface area (Å²) in [6.45, 7) is 12.6. The van der Waals surface area contributed by atoms with Gasteiger partial charge in [-0.05, 0) is 49.1 Å². The Morgan fingerprint density at radius 1 is 0.944 bits per heavy atom. The molecule has 0 amide bonds. The number of likely N-dealkylation sites (tertiary alicyclic amines) is 1. The van der Waals surface area contributed by atoms with Gasteiger partial charge >= 0.3 is 0 Å². The molecule has 18 heavy (non-hydrogen) atoms. The molecule has 0 bridgehead atoms. The summed E-state index contributed by atoms with van der Waals surface area (Å²) in [5, 5.41) is 3.56. The van der Waals surface area contributed by atoms with Crippen molar-refractivity contribution in [1.29, 1.82) is 0 Å². The lowest BCUT2D eigenvalue weighted by atomic mass is 9.69. The summed E-state index contributed by atoms with van der Waals surface area (Å²) in [5.74, 6) is 2.82. The molecule has 2 aliphatic heterocycles. The zero-order valence-electron chi connectivity index (χ0n) is 12.4. The van der Waals surface area contributed by atoms with Gasteiger partial charge in [-0.15, -0.1) is 0 Å². The Kier molecular flexibility index (Phi) is 3.44. The summed E-state index contributed by atoms with van der Waals surface area (Å²) in [4.78, 5) is 2.87. The quantitative estimate of drug-likeness (QED) is 0.770. The Balaban J connectivity index is 1.70. The fraction of sp³-hybridized carbons (Fsp3) is 1.00. The molecule has 2 nitrogen and oxygen atoms in total. The number of rotatable bonds is 1. The van der Waals surface area contributed by atoms with Gasteiger partial charge in [0.05, 0.1) is 0 Å². The van der Waals surface area contributed by atoms with E-state index >= 15 is 0 Å². The molecule has 3 aliphatic rings. The summed E-state index contributed by atoms with van der Waals surface area (Å²) in [7, 11) is 0. The van der Waals surface area contributed by atoms with E-state index in [1.165, 1.54) is 51.9 Å². The van der Waals surface area contributed by atoms with E-state index in [9.17, 15) is 0 Å². The molecule has 2 heterocycles. The van der Waals surface area contributed by atoms with E-state index in [2.05, 4.69) is 31.0 Å². The van der Waals surface area contributed by atoms with Crippen molar-refractivity contribution in [3.63, 3.8) is 0 Å². The lowest BCUT2D eigenvalue weighted by Crippen LogP contribution is -2.46. The molecule has 3 rings (SSSR count). The van der Waals surface area contributed by atoms with Crippen LogP contribution < -0.4 is 5.32 Å². The first-order chi connectivity index (χ1) is 8.55. The van der Waals surface area contributed by atoms with Crippen molar-refractivity contribution in [2.75, 3.05) is 26.2 Å². The van der Waals surface area contributed by atoms with Crippen molar-refractivity contribution >= 4 is 0 Å². The second-order valence-electron chi connectivity index (χ2n) is 7.96. The fourth-order valence-corrected chi connectivity index (χ4v) is 4.72. The van der Waals surface area contributed by atoms with Gasteiger partial charge < -0.3 is 5.32 Å². The van der Waals surface area contributed by atoms with E-state index in [4.69, 9.17) is 0 Å². The number of hydrogen-bond acceptors (Lipinski definition) is 2. The molecule has 3 fully saturated rings. The molecule has 2 heteroatoms. The lowest BCUT2D eigenvalue weighted by Gasteiger charge is -2.45. The van der Waals surface area contributed by atoms with E-state index in [1.54, 1.807) is 0 Å². The molecule has 4 unspecified atom stereocenters. The largest absolute Gasteiger partial charge is 0.316 e. The molecule has 1 aliphatic carbocycles. The number of nitrogens with one attached hydrogen (secondary N) is 1. The van der Waals surface area contributed by atoms with Crippen LogP contribution in [0.1, 0.15) is 46.5 Å². The highest BCUT2D eigenvalue weighted by molar-refractivity contribution is 4.97. The molecular formula is C16H30N2. The third-order valence-corrected chi connectivity index (χ3v) is 5.73. The second-order valence-corrected chi connectivity index (χ2v) is 7.96. The average molecular weight is 250 g/mol. The van der Waals surface area contributed by atoms with Crippen molar-refractivity contribution in [1.82, 2.24) is 10.2 Å². The van der Waals surface area contributed by atoms with Gasteiger partial charge in [0.2, 0.25) is 0 Å². The van der Waals surface area contributed by atoms with E-state index in [0.29, 0.717) is 5.41 Å². The third kappa shape index (κ3) is 2.34. The summed E-state index contributed by atoms with van der Waals surface area (Å²) in [6.07, 6.45) is 5.83. The average Bonchev–Trinajstić information content (AvgIpc) is 2.87. The summed E-state index contributed by atoms with van der Waals surface area (Å²) in [6, 6.07) is 0.879. The molecule has 1 saturated carbocycles. The smallest absolute Gasteiger partial charge is 0.0129 e. The Bertz CT molecular complexity index is 282. The van der Waals surface area contributed by atoms with E-state index in [1.807, 2.05) is 0 Å². The van der Waals surface area contributed by atoms with E-state index in [0.717, 1.165) is 23.8 Å². The molecule has 0 aromatic carbocycles. The number of fused-ring (bicyclic) bond motifs is 1. The fourth-order valence-electron chi connectivity index (χ4n) is 4.72. The van der Waals surface area contributed by atoms with Gasteiger partial charge in [0.15, 0.2) is 0 Å². The van der Waals surface area contributed by atoms with E-state index < -0.39 is 0 Å². The van der Waals surface area contributed by atoms with Crippen LogP contribution in [0.5, 0.6) is 0 Å². The highest BCUT2D eigenvalue weighted by Crippen LogP contribution is 2.42. The zero-order chi connectivity index (χ0) is 12.8. The second kappa shape index (κ2) is 4.79. The van der Waals surface area contributed by atoms with Crippen LogP contribution >= 0.6 is 0 Å². The topological polar surface area (TPSA) is 15.3 Å². The van der Waals surface area contributed by atoms with Crippen molar-refractivity contribution in [2.24, 2.45) is 23.2 Å². The highest BCUT2D eigenvalue weighted by atomic mass is 15.2. The predicted octanol–water partition coefficient (Wildman–Crippen LogP) is 2.74. The monoisotopic (exact) mass is 250 g/mol. The summed E-state index contributed by atoms with van der Waals surface area (Å²) < 4.78 is 0. The minimum atomic E-state index is 0.487. The van der Waals surface area contributed by atoms with Crippen LogP contribution in [-0.4, -0.2) is 37.1 Å². The van der Waals surface area contributed by atoms with Crippen LogP contribution in [0.4, 0.5) is 0 Å². The molecule has 0 spiro atoms. The van der Waals surface area contributed by atoms with Crippen molar-refractivity contribution < 1.29 is 0 Å². The Hall–Kier alpha value is -0.0800. The first kappa shape index (κ1) is 12.9. The Morgan fingerprint density at radius 2 is 1.56 bits per heavy atom. The number of hydrogen-bond donors (Lipinski definition) is 1. The molecule has 104 valence electrons. The van der Waals surface area contributed by atoms with Crippen LogP contribution in [-0.2, 0) is 0 Å². The minimum Gasteiger partial charge on any atom is -0.316 e. The third-order valence-electron chi connectivity index (χ3n) is 5.73. The highest BCUT2D eigenvalue weighted by Gasteiger charge is 2.43. The molecule has 0 aromatic rings. The van der Waals surface area contributed by atoms with Gasteiger partial charge in [-0.3, -0.25) is 4.90 Å². The van der Waals surface area contributed by atoms with Gasteiger partial charge in [-0.1, -0.05) is 33.6 Å². The first-order valence-corrected chi connectivity index (χ1v) is 8.00. The number of nitrogens with zero attached hydrogens (tertiary/aromatic N) is 1. The van der Waals surface area contributed by atoms with Gasteiger partial charge in [-0.25, -0.2) is 0 Å². The van der Waals surface area contributed by atoms with Crippen molar-refractivity contribution in [3.05, 3.63) is 0 Å². The normalized spacial score (nSPS) is 42.2. The SMILES string of the molecule is CC(C)(C)C1CCCCC1N1CC2CNCC2C1. The van der Waals surface area contributed by atoms with E-state index in [-0.39, 0.29) is 0 Å². The van der Waals surface area contributed by atoms with Crippen LogP contribution in [0, 0.1) is 23.2 Å². The lowest BCUT2D eigenvalue weighted by molar-refractivity contribution is 0.0513. The maximum Gasteiger partial charge on any atom is 0.0129 e. The zero-order valence-corrected chi connectivity index (χ0v) is 12.4. The van der Waals surface area contributed by atoms with Crippen LogP contribution in [0.3, 0.4) is 0 Å². The maximum absolute atomic E-state index is 3.56.